The van der Waals surface area contributed by atoms with Crippen LogP contribution in [-0.2, 0) is 0 Å². The highest BCUT2D eigenvalue weighted by molar-refractivity contribution is 7.98. The van der Waals surface area contributed by atoms with Gasteiger partial charge in [0.05, 0.1) is 4.90 Å². The summed E-state index contributed by atoms with van der Waals surface area (Å²) in [6, 6.07) is 1.98. The van der Waals surface area contributed by atoms with Crippen LogP contribution in [0.1, 0.15) is 6.42 Å². The minimum atomic E-state index is -0.659. The van der Waals surface area contributed by atoms with Crippen LogP contribution < -0.4 is 5.32 Å². The second kappa shape index (κ2) is 7.09. The average molecular weight is 315 g/mol. The molecule has 7 heteroatoms. The molecule has 2 amide bonds. The number of carbonyl (C=O) groups excluding carboxylic acids is 1. The van der Waals surface area contributed by atoms with Gasteiger partial charge in [-0.15, -0.1) is 11.8 Å². The van der Waals surface area contributed by atoms with Crippen molar-refractivity contribution in [2.24, 2.45) is 0 Å². The Morgan fingerprint density at radius 3 is 2.48 bits per heavy atom. The number of nitrogens with one attached hydrogen (secondary N) is 1. The molecule has 1 saturated heterocycles. The third-order valence-corrected chi connectivity index (χ3v) is 4.26. The van der Waals surface area contributed by atoms with Gasteiger partial charge in [-0.2, -0.15) is 0 Å². The number of amides is 2. The van der Waals surface area contributed by atoms with Crippen LogP contribution in [0, 0.1) is 11.6 Å². The van der Waals surface area contributed by atoms with E-state index in [1.165, 1.54) is 0 Å². The van der Waals surface area contributed by atoms with Gasteiger partial charge in [0.15, 0.2) is 0 Å². The van der Waals surface area contributed by atoms with Gasteiger partial charge in [0.25, 0.3) is 0 Å². The number of halogens is 2. The summed E-state index contributed by atoms with van der Waals surface area (Å²) in [5.74, 6) is -1.32. The fourth-order valence-corrected chi connectivity index (χ4v) is 2.79. The number of rotatable bonds is 2. The molecule has 0 aliphatic carbocycles. The van der Waals surface area contributed by atoms with E-state index in [-0.39, 0.29) is 16.6 Å². The predicted molar refractivity (Wildman–Crippen MR) is 80.8 cm³/mol. The van der Waals surface area contributed by atoms with Crippen molar-refractivity contribution in [3.8, 4) is 0 Å². The molecule has 2 rings (SSSR count). The number of hydrogen-bond acceptors (Lipinski definition) is 3. The van der Waals surface area contributed by atoms with Gasteiger partial charge in [-0.3, -0.25) is 0 Å². The average Bonchev–Trinajstić information content (AvgIpc) is 2.63. The van der Waals surface area contributed by atoms with Crippen molar-refractivity contribution in [1.82, 2.24) is 9.80 Å². The highest BCUT2D eigenvalue weighted by atomic mass is 32.2. The summed E-state index contributed by atoms with van der Waals surface area (Å²) >= 11 is 1.00. The molecule has 0 unspecified atom stereocenters. The van der Waals surface area contributed by atoms with E-state index in [9.17, 15) is 13.6 Å². The standard InChI is InChI=1S/C14H19F2N3OS/c1-18-4-3-5-19(7-6-18)14(20)17-10-8-11(15)13(21-2)12(16)9-10/h8-9H,3-7H2,1-2H3,(H,17,20). The third kappa shape index (κ3) is 4.07. The van der Waals surface area contributed by atoms with E-state index in [1.807, 2.05) is 7.05 Å². The fraction of sp³-hybridized carbons (Fsp3) is 0.500. The predicted octanol–water partition coefficient (Wildman–Crippen LogP) is 2.86. The summed E-state index contributed by atoms with van der Waals surface area (Å²) in [5.41, 5.74) is 0.144. The first-order valence-electron chi connectivity index (χ1n) is 6.78. The Hall–Kier alpha value is -1.34. The molecule has 1 aromatic rings. The third-order valence-electron chi connectivity index (χ3n) is 3.46. The number of nitrogens with zero attached hydrogens (tertiary/aromatic N) is 2. The van der Waals surface area contributed by atoms with Crippen molar-refractivity contribution in [3.63, 3.8) is 0 Å². The van der Waals surface area contributed by atoms with E-state index < -0.39 is 11.6 Å². The van der Waals surface area contributed by atoms with Crippen LogP contribution in [0.4, 0.5) is 19.3 Å². The summed E-state index contributed by atoms with van der Waals surface area (Å²) < 4.78 is 27.4. The molecule has 0 bridgehead atoms. The number of benzene rings is 1. The van der Waals surface area contributed by atoms with Gasteiger partial charge in [0.1, 0.15) is 11.6 Å². The zero-order valence-electron chi connectivity index (χ0n) is 12.2. The highest BCUT2D eigenvalue weighted by Gasteiger charge is 2.18. The topological polar surface area (TPSA) is 35.6 Å². The molecular weight excluding hydrogens is 296 g/mol. The van der Waals surface area contributed by atoms with E-state index in [2.05, 4.69) is 10.2 Å². The van der Waals surface area contributed by atoms with Crippen LogP contribution in [0.5, 0.6) is 0 Å². The molecule has 0 spiro atoms. The first-order chi connectivity index (χ1) is 10.0. The Morgan fingerprint density at radius 2 is 1.86 bits per heavy atom. The van der Waals surface area contributed by atoms with Gasteiger partial charge < -0.3 is 15.1 Å². The molecule has 1 aromatic carbocycles. The van der Waals surface area contributed by atoms with Crippen LogP contribution in [-0.4, -0.2) is 55.3 Å². The van der Waals surface area contributed by atoms with Crippen molar-refractivity contribution < 1.29 is 13.6 Å². The van der Waals surface area contributed by atoms with Crippen molar-refractivity contribution >= 4 is 23.5 Å². The zero-order valence-corrected chi connectivity index (χ0v) is 13.0. The largest absolute Gasteiger partial charge is 0.323 e. The van der Waals surface area contributed by atoms with E-state index in [1.54, 1.807) is 11.2 Å². The van der Waals surface area contributed by atoms with Crippen molar-refractivity contribution in [2.75, 3.05) is 44.8 Å². The molecule has 0 radical (unpaired) electrons. The van der Waals surface area contributed by atoms with Crippen LogP contribution in [0.2, 0.25) is 0 Å². The lowest BCUT2D eigenvalue weighted by Gasteiger charge is -2.21. The minimum absolute atomic E-state index is 0.0376. The van der Waals surface area contributed by atoms with E-state index in [0.717, 1.165) is 43.4 Å². The monoisotopic (exact) mass is 315 g/mol. The second-order valence-corrected chi connectivity index (χ2v) is 5.86. The Labute approximate surface area is 127 Å². The van der Waals surface area contributed by atoms with E-state index in [0.29, 0.717) is 13.1 Å². The minimum Gasteiger partial charge on any atom is -0.323 e. The molecular formula is C14H19F2N3OS. The van der Waals surface area contributed by atoms with Gasteiger partial charge in [-0.25, -0.2) is 13.6 Å². The summed E-state index contributed by atoms with van der Waals surface area (Å²) in [7, 11) is 2.01. The number of hydrogen-bond donors (Lipinski definition) is 1. The van der Waals surface area contributed by atoms with Gasteiger partial charge >= 0.3 is 6.03 Å². The molecule has 4 nitrogen and oxygen atoms in total. The number of likely N-dealkylation sites (N-methyl/N-ethyl adjacent to an activating group) is 1. The first-order valence-corrected chi connectivity index (χ1v) is 8.01. The normalized spacial score (nSPS) is 16.7. The Kier molecular flexibility index (Phi) is 5.41. The smallest absolute Gasteiger partial charge is 0.321 e. The SMILES string of the molecule is CSc1c(F)cc(NC(=O)N2CCCN(C)CC2)cc1F. The summed E-state index contributed by atoms with van der Waals surface area (Å²) in [4.78, 5) is 15.9. The number of anilines is 1. The maximum Gasteiger partial charge on any atom is 0.321 e. The molecule has 0 aromatic heterocycles. The maximum atomic E-state index is 13.7. The number of carbonyl (C=O) groups is 1. The van der Waals surface area contributed by atoms with Crippen LogP contribution in [0.15, 0.2) is 17.0 Å². The highest BCUT2D eigenvalue weighted by Crippen LogP contribution is 2.26. The van der Waals surface area contributed by atoms with Crippen LogP contribution >= 0.6 is 11.8 Å². The lowest BCUT2D eigenvalue weighted by atomic mass is 10.3. The van der Waals surface area contributed by atoms with E-state index >= 15 is 0 Å². The molecule has 1 fully saturated rings. The Bertz CT molecular complexity index is 504. The molecule has 21 heavy (non-hydrogen) atoms. The van der Waals surface area contributed by atoms with Gasteiger partial charge in [0, 0.05) is 25.3 Å². The first kappa shape index (κ1) is 16.0. The summed E-state index contributed by atoms with van der Waals surface area (Å²) in [6.45, 7) is 2.98. The fourth-order valence-electron chi connectivity index (χ4n) is 2.28. The quantitative estimate of drug-likeness (QED) is 0.853. The van der Waals surface area contributed by atoms with Crippen molar-refractivity contribution in [3.05, 3.63) is 23.8 Å². The lowest BCUT2D eigenvalue weighted by molar-refractivity contribution is 0.213. The number of thioether (sulfide) groups is 1. The van der Waals surface area contributed by atoms with Gasteiger partial charge in [0.2, 0.25) is 0 Å². The molecule has 0 saturated carbocycles. The lowest BCUT2D eigenvalue weighted by Crippen LogP contribution is -2.37. The van der Waals surface area contributed by atoms with Crippen LogP contribution in [0.25, 0.3) is 0 Å². The molecule has 1 aliphatic rings. The molecule has 0 atom stereocenters. The van der Waals surface area contributed by atoms with Gasteiger partial charge in [-0.1, -0.05) is 0 Å². The Balaban J connectivity index is 2.05. The maximum absolute atomic E-state index is 13.7. The van der Waals surface area contributed by atoms with Crippen molar-refractivity contribution in [1.29, 1.82) is 0 Å². The molecule has 1 aliphatic heterocycles. The molecule has 116 valence electrons. The van der Waals surface area contributed by atoms with Crippen molar-refractivity contribution in [2.45, 2.75) is 11.3 Å². The van der Waals surface area contributed by atoms with Crippen LogP contribution in [0.3, 0.4) is 0 Å². The molecule has 1 N–H and O–H groups in total. The summed E-state index contributed by atoms with van der Waals surface area (Å²) in [5, 5.41) is 2.57. The van der Waals surface area contributed by atoms with E-state index in [4.69, 9.17) is 0 Å². The zero-order chi connectivity index (χ0) is 15.4. The van der Waals surface area contributed by atoms with Gasteiger partial charge in [-0.05, 0) is 38.4 Å². The number of urea groups is 1. The Morgan fingerprint density at radius 1 is 1.19 bits per heavy atom. The summed E-state index contributed by atoms with van der Waals surface area (Å²) in [6.07, 6.45) is 2.49. The molecule has 1 heterocycles. The second-order valence-electron chi connectivity index (χ2n) is 5.05.